The van der Waals surface area contributed by atoms with Gasteiger partial charge in [0, 0.05) is 11.1 Å². The average Bonchev–Trinajstić information content (AvgIpc) is 3.04. The summed E-state index contributed by atoms with van der Waals surface area (Å²) in [7, 11) is 0. The molecule has 1 aromatic heterocycles. The number of benzene rings is 3. The Hall–Kier alpha value is -2.84. The van der Waals surface area contributed by atoms with Crippen molar-refractivity contribution in [2.45, 2.75) is 0 Å². The highest BCUT2D eigenvalue weighted by Crippen LogP contribution is 2.25. The van der Waals surface area contributed by atoms with Gasteiger partial charge >= 0.3 is 0 Å². The summed E-state index contributed by atoms with van der Waals surface area (Å²) >= 11 is 6.16. The number of nitrogens with zero attached hydrogens (tertiary/aromatic N) is 1. The molecule has 0 saturated carbocycles. The highest BCUT2D eigenvalue weighted by molar-refractivity contribution is 6.32. The highest BCUT2D eigenvalue weighted by atomic mass is 35.5. The molecule has 3 aromatic carbocycles. The molecule has 4 aromatic rings. The molecule has 0 saturated heterocycles. The molecule has 1 heterocycles. The molecule has 24 heavy (non-hydrogen) atoms. The van der Waals surface area contributed by atoms with E-state index in [1.54, 1.807) is 0 Å². The van der Waals surface area contributed by atoms with E-state index in [1.807, 2.05) is 72.8 Å². The van der Waals surface area contributed by atoms with Crippen molar-refractivity contribution in [3.05, 3.63) is 89.3 Å². The minimum Gasteiger partial charge on any atom is -0.437 e. The van der Waals surface area contributed by atoms with Gasteiger partial charge in [-0.25, -0.2) is 4.98 Å². The van der Waals surface area contributed by atoms with E-state index in [2.05, 4.69) is 17.1 Å². The van der Waals surface area contributed by atoms with Crippen molar-refractivity contribution in [2.75, 3.05) is 0 Å². The first-order valence-electron chi connectivity index (χ1n) is 7.68. The molecule has 2 nitrogen and oxygen atoms in total. The maximum Gasteiger partial charge on any atom is 0.220 e. The van der Waals surface area contributed by atoms with Gasteiger partial charge in [0.15, 0.2) is 5.58 Å². The number of rotatable bonds is 3. The number of hydrogen-bond acceptors (Lipinski definition) is 2. The van der Waals surface area contributed by atoms with E-state index in [4.69, 9.17) is 16.0 Å². The first-order valence-corrected chi connectivity index (χ1v) is 8.06. The molecule has 116 valence electrons. The molecule has 0 radical (unpaired) electrons. The van der Waals surface area contributed by atoms with Gasteiger partial charge in [0.05, 0.1) is 0 Å². The zero-order valence-corrected chi connectivity index (χ0v) is 13.6. The molecule has 0 bridgehead atoms. The average molecular weight is 332 g/mol. The lowest BCUT2D eigenvalue weighted by Crippen LogP contribution is -1.77. The van der Waals surface area contributed by atoms with Crippen LogP contribution in [-0.2, 0) is 0 Å². The van der Waals surface area contributed by atoms with Gasteiger partial charge in [-0.2, -0.15) is 0 Å². The van der Waals surface area contributed by atoms with Gasteiger partial charge in [-0.15, -0.1) is 0 Å². The first kappa shape index (κ1) is 14.7. The van der Waals surface area contributed by atoms with Crippen molar-refractivity contribution in [1.29, 1.82) is 0 Å². The fourth-order valence-electron chi connectivity index (χ4n) is 2.60. The number of halogens is 1. The summed E-state index contributed by atoms with van der Waals surface area (Å²) in [6.07, 6.45) is 3.74. The molecular formula is C21H14ClNO. The van der Waals surface area contributed by atoms with Gasteiger partial charge in [-0.05, 0) is 41.0 Å². The molecule has 4 rings (SSSR count). The molecule has 0 aliphatic carbocycles. The van der Waals surface area contributed by atoms with Crippen LogP contribution < -0.4 is 0 Å². The fourth-order valence-corrected chi connectivity index (χ4v) is 2.80. The van der Waals surface area contributed by atoms with E-state index in [0.29, 0.717) is 10.9 Å². The third-order valence-corrected chi connectivity index (χ3v) is 4.17. The third kappa shape index (κ3) is 2.97. The largest absolute Gasteiger partial charge is 0.437 e. The minimum absolute atomic E-state index is 0.565. The van der Waals surface area contributed by atoms with Crippen LogP contribution in [0.5, 0.6) is 0 Å². The van der Waals surface area contributed by atoms with E-state index in [1.165, 1.54) is 0 Å². The van der Waals surface area contributed by atoms with Crippen molar-refractivity contribution in [3.63, 3.8) is 0 Å². The molecule has 0 N–H and O–H groups in total. The van der Waals surface area contributed by atoms with Gasteiger partial charge in [0.1, 0.15) is 5.52 Å². The van der Waals surface area contributed by atoms with Crippen LogP contribution in [0.15, 0.2) is 77.2 Å². The molecule has 0 unspecified atom stereocenters. The maximum atomic E-state index is 6.16. The van der Waals surface area contributed by atoms with Gasteiger partial charge in [-0.3, -0.25) is 0 Å². The summed E-state index contributed by atoms with van der Waals surface area (Å²) in [4.78, 5) is 4.55. The summed E-state index contributed by atoms with van der Waals surface area (Å²) < 4.78 is 5.78. The predicted molar refractivity (Wildman–Crippen MR) is 99.8 cm³/mol. The Kier molecular flexibility index (Phi) is 3.89. The first-order chi connectivity index (χ1) is 11.8. The van der Waals surface area contributed by atoms with Crippen molar-refractivity contribution in [2.24, 2.45) is 0 Å². The lowest BCUT2D eigenvalue weighted by molar-refractivity contribution is 0.590. The summed E-state index contributed by atoms with van der Waals surface area (Å²) in [5.41, 5.74) is 4.84. The zero-order valence-electron chi connectivity index (χ0n) is 12.8. The van der Waals surface area contributed by atoms with E-state index >= 15 is 0 Å². The molecule has 0 spiro atoms. The predicted octanol–water partition coefficient (Wildman–Crippen LogP) is 6.32. The highest BCUT2D eigenvalue weighted by Gasteiger charge is 2.06. The Morgan fingerprint density at radius 2 is 1.58 bits per heavy atom. The van der Waals surface area contributed by atoms with Gasteiger partial charge in [0.2, 0.25) is 5.89 Å². The molecule has 0 amide bonds. The van der Waals surface area contributed by atoms with Crippen LogP contribution >= 0.6 is 11.6 Å². The van der Waals surface area contributed by atoms with E-state index in [0.717, 1.165) is 27.8 Å². The topological polar surface area (TPSA) is 26.0 Å². The Bertz CT molecular complexity index is 1020. The van der Waals surface area contributed by atoms with Crippen molar-refractivity contribution >= 4 is 34.9 Å². The quantitative estimate of drug-likeness (QED) is 0.439. The van der Waals surface area contributed by atoms with E-state index < -0.39 is 0 Å². The molecule has 0 fully saturated rings. The van der Waals surface area contributed by atoms with Crippen LogP contribution in [-0.4, -0.2) is 4.98 Å². The Balaban J connectivity index is 1.68. The SMILES string of the molecule is Clc1ccccc1/C=C/c1nc2cc(-c3ccccc3)ccc2o1. The Labute approximate surface area is 145 Å². The summed E-state index contributed by atoms with van der Waals surface area (Å²) in [6.45, 7) is 0. The minimum atomic E-state index is 0.565. The standard InChI is InChI=1S/C21H14ClNO/c22-18-9-5-4-8-16(18)11-13-21-23-19-14-17(10-12-20(19)24-21)15-6-2-1-3-7-15/h1-14H/b13-11+. The normalized spacial score (nSPS) is 11.4. The lowest BCUT2D eigenvalue weighted by Gasteiger charge is -1.99. The second-order valence-corrected chi connectivity index (χ2v) is 5.86. The second kappa shape index (κ2) is 6.34. The van der Waals surface area contributed by atoms with Crippen molar-refractivity contribution in [1.82, 2.24) is 4.98 Å². The molecule has 0 atom stereocenters. The van der Waals surface area contributed by atoms with Crippen LogP contribution in [0, 0.1) is 0 Å². The zero-order chi connectivity index (χ0) is 16.4. The Morgan fingerprint density at radius 1 is 0.792 bits per heavy atom. The number of aromatic nitrogens is 1. The van der Waals surface area contributed by atoms with Gasteiger partial charge in [-0.1, -0.05) is 66.2 Å². The number of fused-ring (bicyclic) bond motifs is 1. The van der Waals surface area contributed by atoms with Crippen LogP contribution in [0.3, 0.4) is 0 Å². The monoisotopic (exact) mass is 331 g/mol. The Morgan fingerprint density at radius 3 is 2.42 bits per heavy atom. The van der Waals surface area contributed by atoms with E-state index in [9.17, 15) is 0 Å². The molecule has 3 heteroatoms. The third-order valence-electron chi connectivity index (χ3n) is 3.82. The lowest BCUT2D eigenvalue weighted by atomic mass is 10.1. The molecule has 0 aliphatic rings. The van der Waals surface area contributed by atoms with Crippen LogP contribution in [0.4, 0.5) is 0 Å². The van der Waals surface area contributed by atoms with Crippen LogP contribution in [0.25, 0.3) is 34.4 Å². The van der Waals surface area contributed by atoms with Gasteiger partial charge < -0.3 is 4.42 Å². The summed E-state index contributed by atoms with van der Waals surface area (Å²) in [6, 6.07) is 23.9. The second-order valence-electron chi connectivity index (χ2n) is 5.46. The number of hydrogen-bond donors (Lipinski definition) is 0. The molecular weight excluding hydrogens is 318 g/mol. The van der Waals surface area contributed by atoms with Crippen LogP contribution in [0.1, 0.15) is 11.5 Å². The summed E-state index contributed by atoms with van der Waals surface area (Å²) in [5.74, 6) is 0.565. The molecule has 0 aliphatic heterocycles. The van der Waals surface area contributed by atoms with Crippen LogP contribution in [0.2, 0.25) is 5.02 Å². The van der Waals surface area contributed by atoms with Crippen molar-refractivity contribution < 1.29 is 4.42 Å². The van der Waals surface area contributed by atoms with Gasteiger partial charge in [0.25, 0.3) is 0 Å². The number of oxazole rings is 1. The maximum absolute atomic E-state index is 6.16. The fraction of sp³-hybridized carbons (Fsp3) is 0. The van der Waals surface area contributed by atoms with Crippen molar-refractivity contribution in [3.8, 4) is 11.1 Å². The smallest absolute Gasteiger partial charge is 0.220 e. The summed E-state index contributed by atoms with van der Waals surface area (Å²) in [5, 5.41) is 0.705. The van der Waals surface area contributed by atoms with E-state index in [-0.39, 0.29) is 0 Å².